The van der Waals surface area contributed by atoms with E-state index >= 15 is 0 Å². The second kappa shape index (κ2) is 6.71. The van der Waals surface area contributed by atoms with Crippen molar-refractivity contribution in [2.45, 2.75) is 50.2 Å². The Morgan fingerprint density at radius 1 is 1.13 bits per heavy atom. The van der Waals surface area contributed by atoms with E-state index in [1.165, 1.54) is 6.42 Å². The van der Waals surface area contributed by atoms with Crippen molar-refractivity contribution in [3.63, 3.8) is 0 Å². The summed E-state index contributed by atoms with van der Waals surface area (Å²) in [6, 6.07) is 0. The number of hydrogen-bond donors (Lipinski definition) is 1. The normalized spacial score (nSPS) is 19.3. The predicted octanol–water partition coefficient (Wildman–Crippen LogP) is 2.26. The number of nitrogens with one attached hydrogen (secondary N) is 1. The van der Waals surface area contributed by atoms with Crippen molar-refractivity contribution in [2.24, 2.45) is 0 Å². The second-order valence-corrected chi connectivity index (χ2v) is 6.52. The van der Waals surface area contributed by atoms with E-state index in [-0.39, 0.29) is 5.25 Å². The van der Waals surface area contributed by atoms with Crippen molar-refractivity contribution in [1.82, 2.24) is 4.72 Å². The van der Waals surface area contributed by atoms with E-state index in [0.717, 1.165) is 38.5 Å². The molecule has 1 N–H and O–H groups in total. The lowest BCUT2D eigenvalue weighted by Gasteiger charge is -2.21. The number of rotatable bonds is 6. The molecule has 0 atom stereocenters. The van der Waals surface area contributed by atoms with E-state index in [2.05, 4.69) is 4.72 Å². The molecule has 0 bridgehead atoms. The zero-order chi connectivity index (χ0) is 11.1. The number of sulfonamides is 1. The number of halogens is 1. The first-order valence-electron chi connectivity index (χ1n) is 5.71. The molecule has 0 saturated heterocycles. The minimum Gasteiger partial charge on any atom is -0.215 e. The van der Waals surface area contributed by atoms with Gasteiger partial charge in [0.1, 0.15) is 0 Å². The SMILES string of the molecule is O=S(=O)(NCCCCCl)C1CCCCC1. The van der Waals surface area contributed by atoms with Crippen LogP contribution in [0.25, 0.3) is 0 Å². The molecule has 0 aromatic rings. The summed E-state index contributed by atoms with van der Waals surface area (Å²) in [5.41, 5.74) is 0. The predicted molar refractivity (Wildman–Crippen MR) is 63.7 cm³/mol. The fraction of sp³-hybridized carbons (Fsp3) is 1.00. The summed E-state index contributed by atoms with van der Waals surface area (Å²) < 4.78 is 26.3. The van der Waals surface area contributed by atoms with Gasteiger partial charge in [-0.1, -0.05) is 19.3 Å². The lowest BCUT2D eigenvalue weighted by atomic mass is 10.0. The van der Waals surface area contributed by atoms with Crippen LogP contribution in [0.1, 0.15) is 44.9 Å². The Morgan fingerprint density at radius 2 is 1.80 bits per heavy atom. The average Bonchev–Trinajstić information content (AvgIpc) is 2.26. The molecule has 1 aliphatic carbocycles. The van der Waals surface area contributed by atoms with Gasteiger partial charge < -0.3 is 0 Å². The number of hydrogen-bond acceptors (Lipinski definition) is 2. The molecule has 0 aromatic heterocycles. The summed E-state index contributed by atoms with van der Waals surface area (Å²) in [5.74, 6) is 0.602. The van der Waals surface area contributed by atoms with Gasteiger partial charge in [-0.05, 0) is 25.7 Å². The molecule has 0 aliphatic heterocycles. The van der Waals surface area contributed by atoms with Crippen molar-refractivity contribution in [3.05, 3.63) is 0 Å². The molecule has 3 nitrogen and oxygen atoms in total. The van der Waals surface area contributed by atoms with Gasteiger partial charge in [0.15, 0.2) is 0 Å². The summed E-state index contributed by atoms with van der Waals surface area (Å²) in [7, 11) is -3.06. The maximum absolute atomic E-state index is 11.8. The van der Waals surface area contributed by atoms with E-state index in [0.29, 0.717) is 12.4 Å². The molecule has 0 amide bonds. The van der Waals surface area contributed by atoms with Gasteiger partial charge in [-0.25, -0.2) is 13.1 Å². The Labute approximate surface area is 97.6 Å². The molecule has 0 heterocycles. The molecule has 1 saturated carbocycles. The van der Waals surface area contributed by atoms with Crippen LogP contribution >= 0.6 is 11.6 Å². The number of unbranched alkanes of at least 4 members (excludes halogenated alkanes) is 1. The van der Waals surface area contributed by atoms with Gasteiger partial charge in [0.2, 0.25) is 10.0 Å². The smallest absolute Gasteiger partial charge is 0.214 e. The lowest BCUT2D eigenvalue weighted by molar-refractivity contribution is 0.477. The van der Waals surface area contributed by atoms with Crippen molar-refractivity contribution in [2.75, 3.05) is 12.4 Å². The van der Waals surface area contributed by atoms with Crippen LogP contribution in [0.2, 0.25) is 0 Å². The van der Waals surface area contributed by atoms with Crippen molar-refractivity contribution < 1.29 is 8.42 Å². The third-order valence-corrected chi connectivity index (χ3v) is 5.08. The molecule has 1 aliphatic rings. The molecule has 1 fully saturated rings. The molecule has 0 radical (unpaired) electrons. The Morgan fingerprint density at radius 3 is 2.40 bits per heavy atom. The third-order valence-electron chi connectivity index (χ3n) is 2.85. The van der Waals surface area contributed by atoms with Crippen LogP contribution < -0.4 is 4.72 Å². The Bertz CT molecular complexity index is 261. The van der Waals surface area contributed by atoms with Crippen molar-refractivity contribution >= 4 is 21.6 Å². The van der Waals surface area contributed by atoms with Crippen molar-refractivity contribution in [1.29, 1.82) is 0 Å². The Kier molecular flexibility index (Phi) is 5.94. The molecule has 0 unspecified atom stereocenters. The van der Waals surface area contributed by atoms with Crippen LogP contribution in [0.4, 0.5) is 0 Å². The maximum Gasteiger partial charge on any atom is 0.214 e. The molecule has 5 heteroatoms. The fourth-order valence-corrected chi connectivity index (χ4v) is 3.73. The summed E-state index contributed by atoms with van der Waals surface area (Å²) in [6.45, 7) is 0.533. The fourth-order valence-electron chi connectivity index (χ4n) is 1.93. The topological polar surface area (TPSA) is 46.2 Å². The van der Waals surface area contributed by atoms with Crippen LogP contribution in [-0.4, -0.2) is 26.1 Å². The van der Waals surface area contributed by atoms with Crippen LogP contribution in [0.15, 0.2) is 0 Å². The molecule has 90 valence electrons. The van der Waals surface area contributed by atoms with Gasteiger partial charge in [-0.15, -0.1) is 11.6 Å². The number of alkyl halides is 1. The first-order chi connectivity index (χ1) is 7.17. The van der Waals surface area contributed by atoms with Crippen molar-refractivity contribution in [3.8, 4) is 0 Å². The second-order valence-electron chi connectivity index (χ2n) is 4.10. The minimum atomic E-state index is -3.06. The molecule has 15 heavy (non-hydrogen) atoms. The highest BCUT2D eigenvalue weighted by atomic mass is 35.5. The maximum atomic E-state index is 11.8. The van der Waals surface area contributed by atoms with Gasteiger partial charge in [-0.3, -0.25) is 0 Å². The van der Waals surface area contributed by atoms with Gasteiger partial charge in [0, 0.05) is 12.4 Å². The monoisotopic (exact) mass is 253 g/mol. The quantitative estimate of drug-likeness (QED) is 0.583. The van der Waals surface area contributed by atoms with Crippen LogP contribution in [0, 0.1) is 0 Å². The zero-order valence-corrected chi connectivity index (χ0v) is 10.6. The highest BCUT2D eigenvalue weighted by Gasteiger charge is 2.26. The van der Waals surface area contributed by atoms with E-state index in [1.54, 1.807) is 0 Å². The Balaban J connectivity index is 2.30. The van der Waals surface area contributed by atoms with E-state index in [1.807, 2.05) is 0 Å². The highest BCUT2D eigenvalue weighted by Crippen LogP contribution is 2.22. The van der Waals surface area contributed by atoms with E-state index in [4.69, 9.17) is 11.6 Å². The summed E-state index contributed by atoms with van der Waals surface area (Å²) in [5, 5.41) is -0.151. The Hall–Kier alpha value is 0.200. The third kappa shape index (κ3) is 4.70. The standard InChI is InChI=1S/C10H20ClNO2S/c11-8-4-5-9-12-15(13,14)10-6-2-1-3-7-10/h10,12H,1-9H2. The largest absolute Gasteiger partial charge is 0.215 e. The lowest BCUT2D eigenvalue weighted by Crippen LogP contribution is -2.36. The molecule has 0 spiro atoms. The van der Waals surface area contributed by atoms with Gasteiger partial charge in [0.25, 0.3) is 0 Å². The van der Waals surface area contributed by atoms with Gasteiger partial charge in [0.05, 0.1) is 5.25 Å². The highest BCUT2D eigenvalue weighted by molar-refractivity contribution is 7.90. The summed E-state index contributed by atoms with van der Waals surface area (Å²) in [6.07, 6.45) is 6.62. The molecular weight excluding hydrogens is 234 g/mol. The minimum absolute atomic E-state index is 0.151. The van der Waals surface area contributed by atoms with E-state index in [9.17, 15) is 8.42 Å². The van der Waals surface area contributed by atoms with Crippen LogP contribution in [0.3, 0.4) is 0 Å². The van der Waals surface area contributed by atoms with Crippen LogP contribution in [0.5, 0.6) is 0 Å². The van der Waals surface area contributed by atoms with Crippen LogP contribution in [-0.2, 0) is 10.0 Å². The van der Waals surface area contributed by atoms with E-state index < -0.39 is 10.0 Å². The van der Waals surface area contributed by atoms with Gasteiger partial charge in [-0.2, -0.15) is 0 Å². The first kappa shape index (κ1) is 13.3. The zero-order valence-electron chi connectivity index (χ0n) is 9.04. The summed E-state index contributed by atoms with van der Waals surface area (Å²) in [4.78, 5) is 0. The molecule has 1 rings (SSSR count). The average molecular weight is 254 g/mol. The molecular formula is C10H20ClNO2S. The van der Waals surface area contributed by atoms with Gasteiger partial charge >= 0.3 is 0 Å². The summed E-state index contributed by atoms with van der Waals surface area (Å²) >= 11 is 5.52. The molecule has 0 aromatic carbocycles. The first-order valence-corrected chi connectivity index (χ1v) is 7.79.